The van der Waals surface area contributed by atoms with Crippen molar-refractivity contribution in [3.05, 3.63) is 162 Å². The number of amides is 3. The standard InChI is InChI=1S/C43H37N3O6S/c1-50-37-27-39(52-3)38(51-2)26-31(37)25-36(46-41(47)30-16-8-5-9-17-30)42(48)44-32-21-23-33(24-22-32)53-40(29-14-6-4-7-15-29)43(49)45-35-20-12-18-28-13-10-11-19-34(28)35/h4-27,40H,1-3H3,(H,44,48)(H,45,49)(H,46,47)/b36-25-. The fraction of sp³-hybridized carbons (Fsp3) is 0.0930. The molecule has 0 saturated carbocycles. The summed E-state index contributed by atoms with van der Waals surface area (Å²) in [5.74, 6) is 0.0704. The minimum Gasteiger partial charge on any atom is -0.496 e. The Morgan fingerprint density at radius 2 is 1.26 bits per heavy atom. The van der Waals surface area contributed by atoms with Crippen molar-refractivity contribution in [2.24, 2.45) is 0 Å². The van der Waals surface area contributed by atoms with E-state index in [4.69, 9.17) is 14.2 Å². The summed E-state index contributed by atoms with van der Waals surface area (Å²) in [6.45, 7) is 0. The molecule has 0 aliphatic carbocycles. The molecule has 0 fully saturated rings. The highest BCUT2D eigenvalue weighted by Crippen LogP contribution is 2.38. The van der Waals surface area contributed by atoms with Crippen molar-refractivity contribution < 1.29 is 28.6 Å². The minimum atomic E-state index is -0.567. The SMILES string of the molecule is COc1cc(OC)c(OC)cc1/C=C(\NC(=O)c1ccccc1)C(=O)Nc1ccc(SC(C(=O)Nc2cccc3ccccc23)c2ccccc2)cc1. The average Bonchev–Trinajstić information content (AvgIpc) is 3.20. The molecule has 3 amide bonds. The molecular formula is C43H37N3O6S. The second-order valence-corrected chi connectivity index (χ2v) is 12.9. The lowest BCUT2D eigenvalue weighted by Gasteiger charge is -2.18. The van der Waals surface area contributed by atoms with Crippen LogP contribution < -0.4 is 30.2 Å². The van der Waals surface area contributed by atoms with Crippen LogP contribution >= 0.6 is 11.8 Å². The first kappa shape index (κ1) is 36.3. The van der Waals surface area contributed by atoms with Crippen LogP contribution in [0, 0.1) is 0 Å². The number of carbonyl (C=O) groups is 3. The van der Waals surface area contributed by atoms with Gasteiger partial charge in [-0.25, -0.2) is 0 Å². The smallest absolute Gasteiger partial charge is 0.272 e. The maximum absolute atomic E-state index is 13.9. The molecule has 1 unspecified atom stereocenters. The van der Waals surface area contributed by atoms with Crippen molar-refractivity contribution in [3.63, 3.8) is 0 Å². The van der Waals surface area contributed by atoms with Gasteiger partial charge in [-0.3, -0.25) is 14.4 Å². The molecule has 0 aliphatic rings. The molecule has 0 aromatic heterocycles. The predicted octanol–water partition coefficient (Wildman–Crippen LogP) is 8.75. The summed E-state index contributed by atoms with van der Waals surface area (Å²) in [5.41, 5.74) is 2.89. The van der Waals surface area contributed by atoms with Crippen LogP contribution in [0.25, 0.3) is 16.8 Å². The van der Waals surface area contributed by atoms with Gasteiger partial charge in [0, 0.05) is 38.8 Å². The number of methoxy groups -OCH3 is 3. The van der Waals surface area contributed by atoms with Crippen LogP contribution in [0.5, 0.6) is 17.2 Å². The lowest BCUT2D eigenvalue weighted by Crippen LogP contribution is -2.30. The molecule has 0 spiro atoms. The summed E-state index contributed by atoms with van der Waals surface area (Å²) < 4.78 is 16.4. The second-order valence-electron chi connectivity index (χ2n) is 11.7. The monoisotopic (exact) mass is 723 g/mol. The Balaban J connectivity index is 1.24. The summed E-state index contributed by atoms with van der Waals surface area (Å²) in [6, 6.07) is 42.4. The van der Waals surface area contributed by atoms with E-state index in [0.29, 0.717) is 34.1 Å². The fourth-order valence-electron chi connectivity index (χ4n) is 5.65. The van der Waals surface area contributed by atoms with E-state index in [1.165, 1.54) is 39.2 Å². The van der Waals surface area contributed by atoms with E-state index in [1.54, 1.807) is 54.6 Å². The quantitative estimate of drug-likeness (QED) is 0.0807. The van der Waals surface area contributed by atoms with E-state index in [-0.39, 0.29) is 11.6 Å². The number of carbonyl (C=O) groups excluding carboxylic acids is 3. The first-order chi connectivity index (χ1) is 25.9. The van der Waals surface area contributed by atoms with Gasteiger partial charge in [0.05, 0.1) is 21.3 Å². The largest absolute Gasteiger partial charge is 0.496 e. The van der Waals surface area contributed by atoms with Crippen LogP contribution in [0.4, 0.5) is 11.4 Å². The van der Waals surface area contributed by atoms with Crippen LogP contribution in [0.15, 0.2) is 150 Å². The van der Waals surface area contributed by atoms with Crippen LogP contribution in [0.1, 0.15) is 26.7 Å². The number of fused-ring (bicyclic) bond motifs is 1. The van der Waals surface area contributed by atoms with Crippen LogP contribution in [0.2, 0.25) is 0 Å². The van der Waals surface area contributed by atoms with Crippen molar-refractivity contribution >= 4 is 57.7 Å². The third-order valence-corrected chi connectivity index (χ3v) is 9.58. The first-order valence-corrected chi connectivity index (χ1v) is 17.5. The highest BCUT2D eigenvalue weighted by Gasteiger charge is 2.23. The van der Waals surface area contributed by atoms with Gasteiger partial charge in [0.2, 0.25) is 5.91 Å². The molecule has 0 bridgehead atoms. The normalized spacial score (nSPS) is 11.6. The molecule has 9 nitrogen and oxygen atoms in total. The van der Waals surface area contributed by atoms with E-state index in [9.17, 15) is 14.4 Å². The maximum atomic E-state index is 13.9. The lowest BCUT2D eigenvalue weighted by atomic mass is 10.1. The molecule has 0 aliphatic heterocycles. The summed E-state index contributed by atoms with van der Waals surface area (Å²) in [6.07, 6.45) is 1.51. The predicted molar refractivity (Wildman–Crippen MR) is 211 cm³/mol. The van der Waals surface area contributed by atoms with E-state index in [2.05, 4.69) is 16.0 Å². The molecule has 10 heteroatoms. The number of thioether (sulfide) groups is 1. The third kappa shape index (κ3) is 8.87. The number of rotatable bonds is 13. The highest BCUT2D eigenvalue weighted by atomic mass is 32.2. The van der Waals surface area contributed by atoms with Gasteiger partial charge in [-0.2, -0.15) is 0 Å². The number of nitrogens with one attached hydrogen (secondary N) is 3. The average molecular weight is 724 g/mol. The Kier molecular flexibility index (Phi) is 11.7. The van der Waals surface area contributed by atoms with Crippen LogP contribution in [-0.4, -0.2) is 39.1 Å². The number of hydrogen-bond donors (Lipinski definition) is 3. The maximum Gasteiger partial charge on any atom is 0.272 e. The number of hydrogen-bond acceptors (Lipinski definition) is 7. The minimum absolute atomic E-state index is 0.0305. The molecule has 6 rings (SSSR count). The van der Waals surface area contributed by atoms with Gasteiger partial charge in [0.15, 0.2) is 11.5 Å². The van der Waals surface area contributed by atoms with Gasteiger partial charge < -0.3 is 30.2 Å². The Morgan fingerprint density at radius 1 is 0.642 bits per heavy atom. The zero-order valence-electron chi connectivity index (χ0n) is 29.3. The van der Waals surface area contributed by atoms with Crippen LogP contribution in [-0.2, 0) is 9.59 Å². The summed E-state index contributed by atoms with van der Waals surface area (Å²) in [5, 5.41) is 10.2. The summed E-state index contributed by atoms with van der Waals surface area (Å²) in [7, 11) is 4.51. The van der Waals surface area contributed by atoms with Gasteiger partial charge in [-0.1, -0.05) is 84.9 Å². The first-order valence-electron chi connectivity index (χ1n) is 16.7. The fourth-order valence-corrected chi connectivity index (χ4v) is 6.67. The van der Waals surface area contributed by atoms with Gasteiger partial charge >= 0.3 is 0 Å². The molecule has 3 N–H and O–H groups in total. The van der Waals surface area contributed by atoms with E-state index < -0.39 is 17.1 Å². The molecule has 0 heterocycles. The summed E-state index contributed by atoms with van der Waals surface area (Å²) >= 11 is 1.40. The van der Waals surface area contributed by atoms with Crippen molar-refractivity contribution in [1.82, 2.24) is 5.32 Å². The van der Waals surface area contributed by atoms with Gasteiger partial charge in [0.1, 0.15) is 16.7 Å². The Bertz CT molecular complexity index is 2260. The Labute approximate surface area is 312 Å². The molecule has 0 saturated heterocycles. The number of benzene rings is 6. The summed E-state index contributed by atoms with van der Waals surface area (Å²) in [4.78, 5) is 41.7. The molecule has 266 valence electrons. The van der Waals surface area contributed by atoms with E-state index in [1.807, 2.05) is 84.9 Å². The van der Waals surface area contributed by atoms with E-state index >= 15 is 0 Å². The zero-order valence-corrected chi connectivity index (χ0v) is 30.1. The topological polar surface area (TPSA) is 115 Å². The van der Waals surface area contributed by atoms with E-state index in [0.717, 1.165) is 26.9 Å². The van der Waals surface area contributed by atoms with Gasteiger partial charge in [-0.15, -0.1) is 11.8 Å². The number of ether oxygens (including phenoxy) is 3. The highest BCUT2D eigenvalue weighted by molar-refractivity contribution is 8.00. The van der Waals surface area contributed by atoms with Gasteiger partial charge in [0.25, 0.3) is 11.8 Å². The molecule has 0 radical (unpaired) electrons. The number of anilines is 2. The van der Waals surface area contributed by atoms with Gasteiger partial charge in [-0.05, 0) is 65.6 Å². The van der Waals surface area contributed by atoms with Crippen molar-refractivity contribution in [2.45, 2.75) is 10.1 Å². The molecule has 6 aromatic carbocycles. The molecule has 1 atom stereocenters. The molecular weight excluding hydrogens is 687 g/mol. The van der Waals surface area contributed by atoms with Crippen LogP contribution in [0.3, 0.4) is 0 Å². The van der Waals surface area contributed by atoms with Crippen molar-refractivity contribution in [3.8, 4) is 17.2 Å². The molecule has 6 aromatic rings. The van der Waals surface area contributed by atoms with Crippen molar-refractivity contribution in [1.29, 1.82) is 0 Å². The third-order valence-electron chi connectivity index (χ3n) is 8.32. The second kappa shape index (κ2) is 17.1. The van der Waals surface area contributed by atoms with Crippen molar-refractivity contribution in [2.75, 3.05) is 32.0 Å². The Hall–Kier alpha value is -6.52. The Morgan fingerprint density at radius 3 is 1.96 bits per heavy atom. The zero-order chi connectivity index (χ0) is 37.2. The molecule has 53 heavy (non-hydrogen) atoms. The lowest BCUT2D eigenvalue weighted by molar-refractivity contribution is -0.116.